The second-order valence-electron chi connectivity index (χ2n) is 7.85. The lowest BCUT2D eigenvalue weighted by atomic mass is 9.99. The van der Waals surface area contributed by atoms with Gasteiger partial charge in [0.15, 0.2) is 0 Å². The van der Waals surface area contributed by atoms with Crippen molar-refractivity contribution in [2.45, 2.75) is 75.0 Å². The molecule has 1 amide bonds. The van der Waals surface area contributed by atoms with Crippen LogP contribution in [0.2, 0.25) is 0 Å². The SMILES string of the molecule is CC(C)(O)c1csc(SN)c1.CCc1nc2c(c(NC=O)c1C1CC1)CCC2.CN. The molecule has 1 fully saturated rings. The van der Waals surface area contributed by atoms with Crippen molar-refractivity contribution in [3.8, 4) is 0 Å². The monoisotopic (exact) mass is 450 g/mol. The van der Waals surface area contributed by atoms with Crippen LogP contribution in [0, 0.1) is 0 Å². The summed E-state index contributed by atoms with van der Waals surface area (Å²) in [6.07, 6.45) is 7.60. The number of aliphatic hydroxyl groups is 1. The molecule has 166 valence electrons. The van der Waals surface area contributed by atoms with Crippen LogP contribution in [0.3, 0.4) is 0 Å². The van der Waals surface area contributed by atoms with Gasteiger partial charge in [-0.3, -0.25) is 14.9 Å². The minimum Gasteiger partial charge on any atom is -0.386 e. The third kappa shape index (κ3) is 6.04. The van der Waals surface area contributed by atoms with E-state index in [0.717, 1.165) is 41.1 Å². The average Bonchev–Trinajstić information content (AvgIpc) is 3.25. The predicted molar refractivity (Wildman–Crippen MR) is 127 cm³/mol. The van der Waals surface area contributed by atoms with Gasteiger partial charge in [0.1, 0.15) is 0 Å². The molecule has 2 aromatic heterocycles. The number of rotatable bonds is 6. The van der Waals surface area contributed by atoms with Crippen LogP contribution in [0.25, 0.3) is 0 Å². The number of fused-ring (bicyclic) bond motifs is 1. The van der Waals surface area contributed by atoms with Crippen LogP contribution in [-0.2, 0) is 29.7 Å². The Kier molecular flexibility index (Phi) is 9.31. The molecule has 6 nitrogen and oxygen atoms in total. The van der Waals surface area contributed by atoms with Gasteiger partial charge in [0.2, 0.25) is 6.41 Å². The molecule has 0 atom stereocenters. The number of anilines is 1. The molecule has 4 rings (SSSR count). The molecule has 30 heavy (non-hydrogen) atoms. The number of thiophene rings is 1. The summed E-state index contributed by atoms with van der Waals surface area (Å²) in [6, 6.07) is 1.91. The summed E-state index contributed by atoms with van der Waals surface area (Å²) in [7, 11) is 1.50. The number of amides is 1. The first-order valence-corrected chi connectivity index (χ1v) is 12.2. The van der Waals surface area contributed by atoms with Crippen molar-refractivity contribution in [2.24, 2.45) is 10.9 Å². The quantitative estimate of drug-likeness (QED) is 0.389. The molecular formula is C22H34N4O2S2. The van der Waals surface area contributed by atoms with Crippen molar-refractivity contribution in [1.82, 2.24) is 4.98 Å². The van der Waals surface area contributed by atoms with Gasteiger partial charge in [-0.25, -0.2) is 0 Å². The molecule has 2 heterocycles. The van der Waals surface area contributed by atoms with Crippen molar-refractivity contribution in [3.05, 3.63) is 39.5 Å². The first kappa shape index (κ1) is 24.8. The van der Waals surface area contributed by atoms with Crippen molar-refractivity contribution in [3.63, 3.8) is 0 Å². The Hall–Kier alpha value is -1.45. The summed E-state index contributed by atoms with van der Waals surface area (Å²) in [4.78, 5) is 15.7. The second-order valence-corrected chi connectivity index (χ2v) is 9.69. The van der Waals surface area contributed by atoms with E-state index < -0.39 is 5.60 Å². The number of carbonyl (C=O) groups excluding carboxylic acids is 1. The van der Waals surface area contributed by atoms with E-state index in [9.17, 15) is 9.90 Å². The summed E-state index contributed by atoms with van der Waals surface area (Å²) in [5.41, 5.74) is 10.8. The van der Waals surface area contributed by atoms with E-state index >= 15 is 0 Å². The molecule has 1 saturated carbocycles. The molecule has 2 aromatic rings. The topological polar surface area (TPSA) is 114 Å². The van der Waals surface area contributed by atoms with Gasteiger partial charge in [0.05, 0.1) is 15.5 Å². The van der Waals surface area contributed by atoms with E-state index in [0.29, 0.717) is 5.92 Å². The summed E-state index contributed by atoms with van der Waals surface area (Å²) in [5, 5.41) is 19.8. The zero-order valence-electron chi connectivity index (χ0n) is 18.3. The minimum absolute atomic E-state index is 0.644. The number of hydrogen-bond acceptors (Lipinski definition) is 7. The van der Waals surface area contributed by atoms with Crippen molar-refractivity contribution < 1.29 is 9.90 Å². The molecule has 2 aliphatic rings. The summed E-state index contributed by atoms with van der Waals surface area (Å²) < 4.78 is 1.03. The van der Waals surface area contributed by atoms with Crippen LogP contribution in [0.15, 0.2) is 15.7 Å². The van der Waals surface area contributed by atoms with Crippen molar-refractivity contribution in [1.29, 1.82) is 0 Å². The molecule has 2 aliphatic carbocycles. The van der Waals surface area contributed by atoms with E-state index in [-0.39, 0.29) is 0 Å². The molecule has 6 N–H and O–H groups in total. The fourth-order valence-electron chi connectivity index (χ4n) is 3.65. The highest BCUT2D eigenvalue weighted by atomic mass is 32.2. The fourth-order valence-corrected chi connectivity index (χ4v) is 5.01. The standard InChI is InChI=1S/C14H18N2O.C7H11NOS2.CH5N/c1-2-11-13(9-6-7-9)14(15-8-17)10-4-3-5-12(10)16-11;1-7(2,9)5-3-6(11-8)10-4-5;1-2/h8-9H,2-7H2,1H3,(H,15,16,17);3-4,9H,8H2,1-2H3;2H2,1H3. The van der Waals surface area contributed by atoms with Crippen molar-refractivity contribution in [2.75, 3.05) is 12.4 Å². The van der Waals surface area contributed by atoms with E-state index in [2.05, 4.69) is 18.0 Å². The van der Waals surface area contributed by atoms with E-state index in [1.54, 1.807) is 25.2 Å². The van der Waals surface area contributed by atoms with Crippen LogP contribution in [0.4, 0.5) is 5.69 Å². The lowest BCUT2D eigenvalue weighted by molar-refractivity contribution is -0.105. The molecule has 8 heteroatoms. The van der Waals surface area contributed by atoms with E-state index in [1.807, 2.05) is 11.4 Å². The molecule has 0 bridgehead atoms. The lowest BCUT2D eigenvalue weighted by Crippen LogP contribution is -2.13. The highest BCUT2D eigenvalue weighted by Gasteiger charge is 2.32. The highest BCUT2D eigenvalue weighted by molar-refractivity contribution is 7.99. The summed E-state index contributed by atoms with van der Waals surface area (Å²) >= 11 is 2.77. The van der Waals surface area contributed by atoms with Crippen LogP contribution < -0.4 is 16.2 Å². The Bertz CT molecular complexity index is 842. The number of hydrogen-bond donors (Lipinski definition) is 4. The predicted octanol–water partition coefficient (Wildman–Crippen LogP) is 4.09. The highest BCUT2D eigenvalue weighted by Crippen LogP contribution is 2.47. The summed E-state index contributed by atoms with van der Waals surface area (Å²) in [5.74, 6) is 0.644. The maximum Gasteiger partial charge on any atom is 0.211 e. The third-order valence-corrected chi connectivity index (χ3v) is 6.91. The average molecular weight is 451 g/mol. The zero-order valence-corrected chi connectivity index (χ0v) is 20.0. The van der Waals surface area contributed by atoms with Gasteiger partial charge in [-0.05, 0) is 99.9 Å². The third-order valence-electron chi connectivity index (χ3n) is 5.26. The Labute approximate surface area is 188 Å². The van der Waals surface area contributed by atoms with Gasteiger partial charge < -0.3 is 16.2 Å². The maximum atomic E-state index is 10.8. The zero-order chi connectivity index (χ0) is 22.3. The normalized spacial score (nSPS) is 14.8. The van der Waals surface area contributed by atoms with E-state index in [4.69, 9.17) is 10.1 Å². The van der Waals surface area contributed by atoms with Crippen LogP contribution in [0.5, 0.6) is 0 Å². The molecular weight excluding hydrogens is 416 g/mol. The van der Waals surface area contributed by atoms with Gasteiger partial charge in [0, 0.05) is 17.0 Å². The van der Waals surface area contributed by atoms with Gasteiger partial charge in [-0.1, -0.05) is 6.92 Å². The number of nitrogens with two attached hydrogens (primary N) is 2. The molecule has 0 aliphatic heterocycles. The Balaban J connectivity index is 0.000000215. The number of aromatic nitrogens is 1. The molecule has 0 radical (unpaired) electrons. The molecule has 0 aromatic carbocycles. The Morgan fingerprint density at radius 2 is 2.07 bits per heavy atom. The Morgan fingerprint density at radius 1 is 1.37 bits per heavy atom. The first-order valence-electron chi connectivity index (χ1n) is 10.4. The van der Waals surface area contributed by atoms with Crippen LogP contribution in [-0.4, -0.2) is 23.5 Å². The Morgan fingerprint density at radius 3 is 2.53 bits per heavy atom. The fraction of sp³-hybridized carbons (Fsp3) is 0.545. The molecule has 0 unspecified atom stereocenters. The number of nitrogens with zero attached hydrogens (tertiary/aromatic N) is 1. The largest absolute Gasteiger partial charge is 0.386 e. The van der Waals surface area contributed by atoms with Gasteiger partial charge >= 0.3 is 0 Å². The van der Waals surface area contributed by atoms with E-state index in [1.165, 1.54) is 60.8 Å². The van der Waals surface area contributed by atoms with Crippen LogP contribution in [0.1, 0.15) is 74.0 Å². The number of carbonyl (C=O) groups is 1. The summed E-state index contributed by atoms with van der Waals surface area (Å²) in [6.45, 7) is 5.68. The second kappa shape index (κ2) is 11.2. The number of aryl methyl sites for hydroxylation is 2. The van der Waals surface area contributed by atoms with Gasteiger partial charge in [-0.2, -0.15) is 0 Å². The maximum absolute atomic E-state index is 10.8. The van der Waals surface area contributed by atoms with Crippen molar-refractivity contribution >= 4 is 35.4 Å². The number of pyridine rings is 1. The molecule has 0 spiro atoms. The minimum atomic E-state index is -0.746. The van der Waals surface area contributed by atoms with Crippen LogP contribution >= 0.6 is 23.3 Å². The van der Waals surface area contributed by atoms with Gasteiger partial charge in [0.25, 0.3) is 0 Å². The first-order chi connectivity index (χ1) is 14.4. The smallest absolute Gasteiger partial charge is 0.211 e. The van der Waals surface area contributed by atoms with Gasteiger partial charge in [-0.15, -0.1) is 11.3 Å². The number of nitrogens with one attached hydrogen (secondary N) is 1. The molecule has 0 saturated heterocycles. The lowest BCUT2D eigenvalue weighted by Gasteiger charge is -2.16.